The molecule has 0 saturated carbocycles. The lowest BCUT2D eigenvalue weighted by molar-refractivity contribution is -0.118. The lowest BCUT2D eigenvalue weighted by Gasteiger charge is -2.07. The second-order valence-corrected chi connectivity index (χ2v) is 4.61. The third-order valence-corrected chi connectivity index (χ3v) is 3.11. The minimum atomic E-state index is -0.221. The minimum absolute atomic E-state index is 0.221. The topological polar surface area (TPSA) is 68.0 Å². The van der Waals surface area contributed by atoms with E-state index in [1.54, 1.807) is 0 Å². The molecule has 0 spiro atoms. The van der Waals surface area contributed by atoms with Gasteiger partial charge in [0.25, 0.3) is 0 Å². The Morgan fingerprint density at radius 2 is 2.16 bits per heavy atom. The molecule has 0 unspecified atom stereocenters. The van der Waals surface area contributed by atoms with Crippen molar-refractivity contribution in [3.05, 3.63) is 42.2 Å². The number of rotatable bonds is 7. The van der Waals surface area contributed by atoms with Crippen molar-refractivity contribution in [2.75, 3.05) is 6.54 Å². The Morgan fingerprint density at radius 3 is 3.00 bits per heavy atom. The second kappa shape index (κ2) is 6.85. The molecule has 0 saturated heterocycles. The Bertz CT molecular complexity index is 549. The Hall–Kier alpha value is -1.94. The maximum Gasteiger partial charge on any atom is 0.217 e. The maximum atomic E-state index is 10.6. The van der Waals surface area contributed by atoms with Crippen LogP contribution in [-0.2, 0) is 11.3 Å². The van der Waals surface area contributed by atoms with Crippen LogP contribution in [0.3, 0.4) is 0 Å². The van der Waals surface area contributed by atoms with Crippen LogP contribution in [0.4, 0.5) is 0 Å². The maximum absolute atomic E-state index is 10.6. The van der Waals surface area contributed by atoms with Crippen molar-refractivity contribution in [3.63, 3.8) is 0 Å². The molecule has 4 nitrogen and oxygen atoms in total. The average Bonchev–Trinajstić information content (AvgIpc) is 2.42. The summed E-state index contributed by atoms with van der Waals surface area (Å²) < 4.78 is 0. The molecule has 0 fully saturated rings. The van der Waals surface area contributed by atoms with Gasteiger partial charge in [-0.05, 0) is 36.4 Å². The molecule has 0 aliphatic rings. The van der Waals surface area contributed by atoms with E-state index in [9.17, 15) is 4.79 Å². The predicted octanol–water partition coefficient (Wildman–Crippen LogP) is 1.98. The fourth-order valence-corrected chi connectivity index (χ4v) is 2.12. The van der Waals surface area contributed by atoms with E-state index >= 15 is 0 Å². The van der Waals surface area contributed by atoms with Gasteiger partial charge < -0.3 is 11.1 Å². The van der Waals surface area contributed by atoms with Crippen LogP contribution in [0, 0.1) is 0 Å². The number of primary amides is 1. The number of fused-ring (bicyclic) bond motifs is 1. The molecule has 2 aromatic rings. The Balaban J connectivity index is 1.83. The first-order chi connectivity index (χ1) is 9.27. The van der Waals surface area contributed by atoms with Crippen LogP contribution in [0.15, 0.2) is 36.7 Å². The first-order valence-corrected chi connectivity index (χ1v) is 6.58. The molecule has 100 valence electrons. The molecule has 4 heteroatoms. The average molecular weight is 257 g/mol. The van der Waals surface area contributed by atoms with Crippen molar-refractivity contribution in [2.45, 2.75) is 25.8 Å². The summed E-state index contributed by atoms with van der Waals surface area (Å²) in [5.41, 5.74) is 6.37. The molecule has 0 atom stereocenters. The Kier molecular flexibility index (Phi) is 4.86. The number of carbonyl (C=O) groups is 1. The number of benzene rings is 1. The zero-order valence-corrected chi connectivity index (χ0v) is 10.9. The summed E-state index contributed by atoms with van der Waals surface area (Å²) in [6, 6.07) is 8.28. The fourth-order valence-electron chi connectivity index (χ4n) is 2.12. The van der Waals surface area contributed by atoms with Crippen LogP contribution < -0.4 is 11.1 Å². The number of carbonyl (C=O) groups excluding carboxylic acids is 1. The van der Waals surface area contributed by atoms with Crippen molar-refractivity contribution < 1.29 is 4.79 Å². The zero-order chi connectivity index (χ0) is 13.5. The molecule has 1 aromatic carbocycles. The van der Waals surface area contributed by atoms with Crippen molar-refractivity contribution in [1.82, 2.24) is 10.3 Å². The molecule has 1 aromatic heterocycles. The van der Waals surface area contributed by atoms with Gasteiger partial charge in [0.1, 0.15) is 0 Å². The van der Waals surface area contributed by atoms with Crippen LogP contribution in [0.25, 0.3) is 10.8 Å². The smallest absolute Gasteiger partial charge is 0.217 e. The number of amides is 1. The van der Waals surface area contributed by atoms with Crippen LogP contribution in [-0.4, -0.2) is 17.4 Å². The largest absolute Gasteiger partial charge is 0.370 e. The monoisotopic (exact) mass is 257 g/mol. The van der Waals surface area contributed by atoms with Crippen molar-refractivity contribution in [1.29, 1.82) is 0 Å². The molecule has 0 bridgehead atoms. The van der Waals surface area contributed by atoms with E-state index in [4.69, 9.17) is 5.73 Å². The van der Waals surface area contributed by atoms with Crippen LogP contribution in [0.1, 0.15) is 24.8 Å². The van der Waals surface area contributed by atoms with E-state index in [0.29, 0.717) is 6.42 Å². The molecule has 1 amide bonds. The molecule has 1 heterocycles. The van der Waals surface area contributed by atoms with Gasteiger partial charge in [-0.2, -0.15) is 0 Å². The van der Waals surface area contributed by atoms with Gasteiger partial charge in [0, 0.05) is 30.7 Å². The highest BCUT2D eigenvalue weighted by atomic mass is 16.1. The van der Waals surface area contributed by atoms with Gasteiger partial charge in [-0.15, -0.1) is 0 Å². The Morgan fingerprint density at radius 1 is 1.26 bits per heavy atom. The SMILES string of the molecule is NC(=O)CCCCNCc1cccc2cnccc12. The number of nitrogens with two attached hydrogens (primary N) is 1. The first kappa shape index (κ1) is 13.5. The number of unbranched alkanes of at least 4 members (excludes halogenated alkanes) is 1. The Labute approximate surface area is 113 Å². The van der Waals surface area contributed by atoms with Crippen LogP contribution in [0.2, 0.25) is 0 Å². The van der Waals surface area contributed by atoms with Gasteiger partial charge >= 0.3 is 0 Å². The predicted molar refractivity (Wildman–Crippen MR) is 76.5 cm³/mol. The molecule has 0 aliphatic heterocycles. The minimum Gasteiger partial charge on any atom is -0.370 e. The van der Waals surface area contributed by atoms with Gasteiger partial charge in [0.2, 0.25) is 5.91 Å². The van der Waals surface area contributed by atoms with Gasteiger partial charge in [0.15, 0.2) is 0 Å². The summed E-state index contributed by atoms with van der Waals surface area (Å²) in [5.74, 6) is -0.221. The molecular weight excluding hydrogens is 238 g/mol. The van der Waals surface area contributed by atoms with Crippen molar-refractivity contribution >= 4 is 16.7 Å². The summed E-state index contributed by atoms with van der Waals surface area (Å²) in [6.45, 7) is 1.73. The number of hydrogen-bond donors (Lipinski definition) is 2. The summed E-state index contributed by atoms with van der Waals surface area (Å²) in [7, 11) is 0. The van der Waals surface area contributed by atoms with Gasteiger partial charge in [-0.1, -0.05) is 18.2 Å². The fraction of sp³-hybridized carbons (Fsp3) is 0.333. The van der Waals surface area contributed by atoms with E-state index in [1.165, 1.54) is 10.9 Å². The molecule has 2 rings (SSSR count). The van der Waals surface area contributed by atoms with Crippen LogP contribution in [0.5, 0.6) is 0 Å². The summed E-state index contributed by atoms with van der Waals surface area (Å²) in [5, 5.41) is 5.80. The molecule has 0 aliphatic carbocycles. The third-order valence-electron chi connectivity index (χ3n) is 3.11. The number of nitrogens with one attached hydrogen (secondary N) is 1. The summed E-state index contributed by atoms with van der Waals surface area (Å²) >= 11 is 0. The quantitative estimate of drug-likeness (QED) is 0.745. The standard InChI is InChI=1S/C15H19N3O/c16-15(19)6-1-2-8-17-10-12-4-3-5-13-11-18-9-7-14(12)13/h3-5,7,9,11,17H,1-2,6,8,10H2,(H2,16,19). The van der Waals surface area contributed by atoms with Crippen molar-refractivity contribution in [3.8, 4) is 0 Å². The summed E-state index contributed by atoms with van der Waals surface area (Å²) in [4.78, 5) is 14.7. The third kappa shape index (κ3) is 4.03. The van der Waals surface area contributed by atoms with E-state index in [2.05, 4.69) is 22.4 Å². The number of aromatic nitrogens is 1. The van der Waals surface area contributed by atoms with Gasteiger partial charge in [0.05, 0.1) is 0 Å². The van der Waals surface area contributed by atoms with Gasteiger partial charge in [-0.25, -0.2) is 0 Å². The molecule has 19 heavy (non-hydrogen) atoms. The highest BCUT2D eigenvalue weighted by Crippen LogP contribution is 2.17. The number of nitrogens with zero attached hydrogens (tertiary/aromatic N) is 1. The van der Waals surface area contributed by atoms with Crippen LogP contribution >= 0.6 is 0 Å². The second-order valence-electron chi connectivity index (χ2n) is 4.61. The van der Waals surface area contributed by atoms with E-state index in [-0.39, 0.29) is 5.91 Å². The highest BCUT2D eigenvalue weighted by Gasteiger charge is 2.00. The van der Waals surface area contributed by atoms with E-state index in [0.717, 1.165) is 31.3 Å². The first-order valence-electron chi connectivity index (χ1n) is 6.58. The number of pyridine rings is 1. The lowest BCUT2D eigenvalue weighted by atomic mass is 10.1. The molecular formula is C15H19N3O. The van der Waals surface area contributed by atoms with Crippen molar-refractivity contribution in [2.24, 2.45) is 5.73 Å². The lowest BCUT2D eigenvalue weighted by Crippen LogP contribution is -2.16. The number of hydrogen-bond acceptors (Lipinski definition) is 3. The normalized spacial score (nSPS) is 10.7. The zero-order valence-electron chi connectivity index (χ0n) is 10.9. The van der Waals surface area contributed by atoms with Gasteiger partial charge in [-0.3, -0.25) is 9.78 Å². The summed E-state index contributed by atoms with van der Waals surface area (Å²) in [6.07, 6.45) is 5.99. The van der Waals surface area contributed by atoms with E-state index in [1.807, 2.05) is 24.5 Å². The molecule has 3 N–H and O–H groups in total. The highest BCUT2D eigenvalue weighted by molar-refractivity contribution is 5.84. The molecule has 0 radical (unpaired) electrons. The van der Waals surface area contributed by atoms with E-state index < -0.39 is 0 Å².